The molecule has 0 atom stereocenters. The second kappa shape index (κ2) is 4.54. The summed E-state index contributed by atoms with van der Waals surface area (Å²) >= 11 is 0. The van der Waals surface area contributed by atoms with Gasteiger partial charge in [-0.15, -0.1) is 0 Å². The van der Waals surface area contributed by atoms with Crippen LogP contribution in [0.1, 0.15) is 47.0 Å². The van der Waals surface area contributed by atoms with Crippen molar-refractivity contribution in [2.75, 3.05) is 0 Å². The van der Waals surface area contributed by atoms with Crippen molar-refractivity contribution in [1.29, 1.82) is 0 Å². The summed E-state index contributed by atoms with van der Waals surface area (Å²) in [6.45, 7) is 8.86. The first-order valence-electron chi connectivity index (χ1n) is 5.21. The SMILES string of the molecule is CC(C)CCC1=NN=C(C(C)C)C1. The summed E-state index contributed by atoms with van der Waals surface area (Å²) in [5, 5.41) is 8.41. The molecule has 0 N–H and O–H groups in total. The van der Waals surface area contributed by atoms with Gasteiger partial charge < -0.3 is 0 Å². The summed E-state index contributed by atoms with van der Waals surface area (Å²) < 4.78 is 0. The van der Waals surface area contributed by atoms with E-state index >= 15 is 0 Å². The zero-order valence-corrected chi connectivity index (χ0v) is 9.17. The average molecular weight is 180 g/mol. The first kappa shape index (κ1) is 10.4. The predicted molar refractivity (Wildman–Crippen MR) is 58.4 cm³/mol. The monoisotopic (exact) mass is 180 g/mol. The smallest absolute Gasteiger partial charge is 0.0487 e. The van der Waals surface area contributed by atoms with Crippen LogP contribution >= 0.6 is 0 Å². The summed E-state index contributed by atoms with van der Waals surface area (Å²) in [7, 11) is 0. The highest BCUT2D eigenvalue weighted by molar-refractivity contribution is 6.08. The molecule has 1 aliphatic heterocycles. The van der Waals surface area contributed by atoms with Crippen LogP contribution < -0.4 is 0 Å². The van der Waals surface area contributed by atoms with Crippen LogP contribution in [0.3, 0.4) is 0 Å². The molecule has 0 unspecified atom stereocenters. The van der Waals surface area contributed by atoms with E-state index in [0.29, 0.717) is 5.92 Å². The van der Waals surface area contributed by atoms with E-state index in [1.54, 1.807) is 0 Å². The summed E-state index contributed by atoms with van der Waals surface area (Å²) in [6.07, 6.45) is 3.38. The minimum atomic E-state index is 0.556. The normalized spacial score (nSPS) is 16.8. The van der Waals surface area contributed by atoms with Crippen LogP contribution in [-0.2, 0) is 0 Å². The largest absolute Gasteiger partial charge is 0.160 e. The zero-order chi connectivity index (χ0) is 9.84. The van der Waals surface area contributed by atoms with Crippen molar-refractivity contribution in [3.05, 3.63) is 0 Å². The summed E-state index contributed by atoms with van der Waals surface area (Å²) in [6, 6.07) is 0. The molecule has 0 amide bonds. The molecule has 0 aliphatic carbocycles. The Morgan fingerprint density at radius 2 is 1.85 bits per heavy atom. The predicted octanol–water partition coefficient (Wildman–Crippen LogP) is 3.28. The fourth-order valence-corrected chi connectivity index (χ4v) is 1.33. The standard InChI is InChI=1S/C11H20N2/c1-8(2)5-6-10-7-11(9(3)4)13-12-10/h8-9H,5-7H2,1-4H3. The van der Waals surface area contributed by atoms with E-state index in [-0.39, 0.29) is 0 Å². The lowest BCUT2D eigenvalue weighted by Gasteiger charge is -2.05. The van der Waals surface area contributed by atoms with Gasteiger partial charge in [-0.2, -0.15) is 10.2 Å². The van der Waals surface area contributed by atoms with Gasteiger partial charge >= 0.3 is 0 Å². The molecule has 0 bridgehead atoms. The van der Waals surface area contributed by atoms with E-state index in [2.05, 4.69) is 37.9 Å². The van der Waals surface area contributed by atoms with Crippen molar-refractivity contribution in [3.63, 3.8) is 0 Å². The topological polar surface area (TPSA) is 24.7 Å². The molecule has 0 spiro atoms. The molecule has 0 aromatic carbocycles. The Bertz CT molecular complexity index is 224. The fraction of sp³-hybridized carbons (Fsp3) is 0.818. The first-order valence-corrected chi connectivity index (χ1v) is 5.21. The molecule has 74 valence electrons. The Morgan fingerprint density at radius 3 is 2.31 bits per heavy atom. The molecule has 0 saturated heterocycles. The van der Waals surface area contributed by atoms with Crippen molar-refractivity contribution in [1.82, 2.24) is 0 Å². The minimum Gasteiger partial charge on any atom is -0.160 e. The van der Waals surface area contributed by atoms with Gasteiger partial charge in [-0.1, -0.05) is 27.7 Å². The van der Waals surface area contributed by atoms with Gasteiger partial charge in [-0.05, 0) is 24.7 Å². The van der Waals surface area contributed by atoms with Crippen molar-refractivity contribution in [2.24, 2.45) is 22.0 Å². The molecule has 0 fully saturated rings. The molecular weight excluding hydrogens is 160 g/mol. The molecule has 2 nitrogen and oxygen atoms in total. The Balaban J connectivity index is 2.29. The quantitative estimate of drug-likeness (QED) is 0.634. The second-order valence-electron chi connectivity index (χ2n) is 4.52. The van der Waals surface area contributed by atoms with Crippen molar-refractivity contribution in [2.45, 2.75) is 47.0 Å². The highest BCUT2D eigenvalue weighted by atomic mass is 15.2. The van der Waals surface area contributed by atoms with Gasteiger partial charge in [-0.25, -0.2) is 0 Å². The van der Waals surface area contributed by atoms with Gasteiger partial charge in [0, 0.05) is 17.8 Å². The fourth-order valence-electron chi connectivity index (χ4n) is 1.33. The van der Waals surface area contributed by atoms with E-state index in [0.717, 1.165) is 18.8 Å². The van der Waals surface area contributed by atoms with E-state index in [9.17, 15) is 0 Å². The molecule has 1 rings (SSSR count). The van der Waals surface area contributed by atoms with Crippen molar-refractivity contribution >= 4 is 11.4 Å². The molecule has 13 heavy (non-hydrogen) atoms. The molecular formula is C11H20N2. The molecule has 0 aromatic heterocycles. The number of hydrogen-bond donors (Lipinski definition) is 0. The highest BCUT2D eigenvalue weighted by Crippen LogP contribution is 2.15. The van der Waals surface area contributed by atoms with Crippen LogP contribution in [0.25, 0.3) is 0 Å². The average Bonchev–Trinajstić information content (AvgIpc) is 2.48. The lowest BCUT2D eigenvalue weighted by atomic mass is 9.99. The second-order valence-corrected chi connectivity index (χ2v) is 4.52. The zero-order valence-electron chi connectivity index (χ0n) is 9.17. The van der Waals surface area contributed by atoms with E-state index in [1.807, 2.05) is 0 Å². The number of rotatable bonds is 4. The van der Waals surface area contributed by atoms with Crippen LogP contribution in [0.2, 0.25) is 0 Å². The Labute approximate surface area is 81.1 Å². The van der Waals surface area contributed by atoms with Crippen LogP contribution in [-0.4, -0.2) is 11.4 Å². The third kappa shape index (κ3) is 3.29. The molecule has 0 saturated carbocycles. The van der Waals surface area contributed by atoms with Gasteiger partial charge in [0.2, 0.25) is 0 Å². The molecule has 0 radical (unpaired) electrons. The molecule has 1 aliphatic rings. The highest BCUT2D eigenvalue weighted by Gasteiger charge is 2.15. The Morgan fingerprint density at radius 1 is 1.15 bits per heavy atom. The lowest BCUT2D eigenvalue weighted by Crippen LogP contribution is -2.09. The van der Waals surface area contributed by atoms with Crippen LogP contribution in [0.5, 0.6) is 0 Å². The molecule has 2 heteroatoms. The number of hydrogen-bond acceptors (Lipinski definition) is 2. The minimum absolute atomic E-state index is 0.556. The van der Waals surface area contributed by atoms with Crippen LogP contribution in [0.15, 0.2) is 10.2 Å². The Kier molecular flexibility index (Phi) is 3.64. The molecule has 0 aromatic rings. The number of nitrogens with zero attached hydrogens (tertiary/aromatic N) is 2. The van der Waals surface area contributed by atoms with Crippen LogP contribution in [0, 0.1) is 11.8 Å². The maximum absolute atomic E-state index is 4.21. The third-order valence-corrected chi connectivity index (χ3v) is 2.38. The maximum atomic E-state index is 4.21. The van der Waals surface area contributed by atoms with Gasteiger partial charge in [0.15, 0.2) is 0 Å². The van der Waals surface area contributed by atoms with E-state index < -0.39 is 0 Å². The van der Waals surface area contributed by atoms with Crippen molar-refractivity contribution in [3.8, 4) is 0 Å². The van der Waals surface area contributed by atoms with Crippen molar-refractivity contribution < 1.29 is 0 Å². The van der Waals surface area contributed by atoms with Gasteiger partial charge in [0.1, 0.15) is 0 Å². The van der Waals surface area contributed by atoms with Gasteiger partial charge in [0.25, 0.3) is 0 Å². The first-order chi connectivity index (χ1) is 6.09. The lowest BCUT2D eigenvalue weighted by molar-refractivity contribution is 0.602. The van der Waals surface area contributed by atoms with E-state index in [4.69, 9.17) is 0 Å². The molecule has 1 heterocycles. The van der Waals surface area contributed by atoms with E-state index in [1.165, 1.54) is 17.8 Å². The Hall–Kier alpha value is -0.660. The summed E-state index contributed by atoms with van der Waals surface area (Å²) in [5.41, 5.74) is 2.52. The maximum Gasteiger partial charge on any atom is 0.0487 e. The summed E-state index contributed by atoms with van der Waals surface area (Å²) in [4.78, 5) is 0. The van der Waals surface area contributed by atoms with Gasteiger partial charge in [0.05, 0.1) is 0 Å². The van der Waals surface area contributed by atoms with Gasteiger partial charge in [-0.3, -0.25) is 0 Å². The summed E-state index contributed by atoms with van der Waals surface area (Å²) in [5.74, 6) is 1.33. The third-order valence-electron chi connectivity index (χ3n) is 2.38. The van der Waals surface area contributed by atoms with Crippen LogP contribution in [0.4, 0.5) is 0 Å².